The van der Waals surface area contributed by atoms with Crippen molar-refractivity contribution in [3.8, 4) is 0 Å². The summed E-state index contributed by atoms with van der Waals surface area (Å²) in [6.45, 7) is 0.727. The molecular formula is C14H22N2O3. The number of carboxylic acids is 1. The van der Waals surface area contributed by atoms with Crippen molar-refractivity contribution in [1.82, 2.24) is 10.6 Å². The van der Waals surface area contributed by atoms with E-state index in [-0.39, 0.29) is 12.1 Å². The zero-order chi connectivity index (χ0) is 13.7. The van der Waals surface area contributed by atoms with Crippen LogP contribution in [0.15, 0.2) is 12.2 Å². The lowest BCUT2D eigenvalue weighted by atomic mass is 9.89. The maximum absolute atomic E-state index is 11.7. The number of amides is 2. The highest BCUT2D eigenvalue weighted by Crippen LogP contribution is 2.22. The third-order valence-corrected chi connectivity index (χ3v) is 3.99. The number of rotatable bonds is 4. The summed E-state index contributed by atoms with van der Waals surface area (Å²) in [5.41, 5.74) is 0. The van der Waals surface area contributed by atoms with E-state index < -0.39 is 11.9 Å². The molecule has 1 saturated carbocycles. The molecule has 0 aromatic carbocycles. The van der Waals surface area contributed by atoms with Crippen LogP contribution in [-0.4, -0.2) is 29.7 Å². The molecule has 19 heavy (non-hydrogen) atoms. The minimum absolute atomic E-state index is 0.160. The van der Waals surface area contributed by atoms with E-state index in [1.165, 1.54) is 32.1 Å². The fourth-order valence-corrected chi connectivity index (χ4v) is 2.84. The summed E-state index contributed by atoms with van der Waals surface area (Å²) in [5, 5.41) is 14.6. The molecule has 2 unspecified atom stereocenters. The number of hydrogen-bond acceptors (Lipinski definition) is 2. The molecule has 0 radical (unpaired) electrons. The van der Waals surface area contributed by atoms with E-state index in [1.807, 2.05) is 0 Å². The summed E-state index contributed by atoms with van der Waals surface area (Å²) in [6.07, 6.45) is 10.1. The number of urea groups is 1. The minimum atomic E-state index is -0.830. The summed E-state index contributed by atoms with van der Waals surface area (Å²) in [7, 11) is 0. The van der Waals surface area contributed by atoms with Crippen molar-refractivity contribution < 1.29 is 14.7 Å². The average Bonchev–Trinajstić information content (AvgIpc) is 2.86. The normalized spacial score (nSPS) is 27.2. The van der Waals surface area contributed by atoms with Crippen molar-refractivity contribution in [2.45, 2.75) is 44.6 Å². The Bertz CT molecular complexity index is 362. The van der Waals surface area contributed by atoms with Crippen LogP contribution in [0, 0.1) is 11.8 Å². The summed E-state index contributed by atoms with van der Waals surface area (Å²) >= 11 is 0. The van der Waals surface area contributed by atoms with Crippen LogP contribution in [0.3, 0.4) is 0 Å². The summed E-state index contributed by atoms with van der Waals surface area (Å²) in [5.74, 6) is -0.697. The van der Waals surface area contributed by atoms with Gasteiger partial charge in [0.1, 0.15) is 0 Å². The maximum Gasteiger partial charge on any atom is 0.315 e. The molecule has 0 saturated heterocycles. The number of nitrogens with one attached hydrogen (secondary N) is 2. The highest BCUT2D eigenvalue weighted by molar-refractivity contribution is 5.76. The Labute approximate surface area is 113 Å². The summed E-state index contributed by atoms with van der Waals surface area (Å²) in [4.78, 5) is 22.5. The first kappa shape index (κ1) is 13.9. The molecule has 3 N–H and O–H groups in total. The molecule has 2 atom stereocenters. The topological polar surface area (TPSA) is 78.4 Å². The number of carbonyl (C=O) groups excluding carboxylic acids is 1. The first-order chi connectivity index (χ1) is 9.15. The Morgan fingerprint density at radius 1 is 1.16 bits per heavy atom. The smallest absolute Gasteiger partial charge is 0.315 e. The van der Waals surface area contributed by atoms with E-state index in [0.29, 0.717) is 12.3 Å². The Hall–Kier alpha value is -1.52. The molecule has 2 amide bonds. The van der Waals surface area contributed by atoms with Crippen molar-refractivity contribution in [3.05, 3.63) is 12.2 Å². The van der Waals surface area contributed by atoms with Gasteiger partial charge in [0.05, 0.1) is 12.0 Å². The van der Waals surface area contributed by atoms with Gasteiger partial charge in [-0.3, -0.25) is 4.79 Å². The van der Waals surface area contributed by atoms with Gasteiger partial charge in [-0.25, -0.2) is 4.79 Å². The van der Waals surface area contributed by atoms with Crippen LogP contribution < -0.4 is 10.6 Å². The Morgan fingerprint density at radius 2 is 1.89 bits per heavy atom. The zero-order valence-corrected chi connectivity index (χ0v) is 11.1. The van der Waals surface area contributed by atoms with E-state index in [9.17, 15) is 9.59 Å². The Kier molecular flexibility index (Phi) is 4.82. The number of aliphatic carboxylic acids is 1. The highest BCUT2D eigenvalue weighted by atomic mass is 16.4. The lowest BCUT2D eigenvalue weighted by Crippen LogP contribution is -2.43. The molecule has 1 fully saturated rings. The predicted octanol–water partition coefficient (Wildman–Crippen LogP) is 1.90. The van der Waals surface area contributed by atoms with Crippen molar-refractivity contribution in [3.63, 3.8) is 0 Å². The van der Waals surface area contributed by atoms with Gasteiger partial charge in [-0.1, -0.05) is 31.4 Å². The second-order valence-corrected chi connectivity index (χ2v) is 5.53. The molecule has 0 heterocycles. The van der Waals surface area contributed by atoms with Gasteiger partial charge in [0.15, 0.2) is 0 Å². The molecule has 0 bridgehead atoms. The second-order valence-electron chi connectivity index (χ2n) is 5.53. The van der Waals surface area contributed by atoms with Gasteiger partial charge in [-0.05, 0) is 25.2 Å². The largest absolute Gasteiger partial charge is 0.481 e. The standard InChI is InChI=1S/C14H22N2O3/c17-13(18)11-6-7-12(8-11)16-14(19)15-9-10-4-2-1-3-5-10/h6-7,10-12H,1-5,8-9H2,(H,17,18)(H2,15,16,19). The van der Waals surface area contributed by atoms with Gasteiger partial charge >= 0.3 is 12.0 Å². The van der Waals surface area contributed by atoms with Crippen LogP contribution in [0.5, 0.6) is 0 Å². The zero-order valence-electron chi connectivity index (χ0n) is 11.1. The fourth-order valence-electron chi connectivity index (χ4n) is 2.84. The van der Waals surface area contributed by atoms with E-state index >= 15 is 0 Å². The van der Waals surface area contributed by atoms with Gasteiger partial charge in [0.25, 0.3) is 0 Å². The van der Waals surface area contributed by atoms with Crippen molar-refractivity contribution in [1.29, 1.82) is 0 Å². The molecule has 106 valence electrons. The van der Waals surface area contributed by atoms with E-state index in [0.717, 1.165) is 6.54 Å². The lowest BCUT2D eigenvalue weighted by molar-refractivity contribution is -0.140. The minimum Gasteiger partial charge on any atom is -0.481 e. The van der Waals surface area contributed by atoms with Crippen molar-refractivity contribution in [2.75, 3.05) is 6.54 Å². The van der Waals surface area contributed by atoms with E-state index in [1.54, 1.807) is 12.2 Å². The quantitative estimate of drug-likeness (QED) is 0.680. The van der Waals surface area contributed by atoms with Crippen molar-refractivity contribution >= 4 is 12.0 Å². The molecular weight excluding hydrogens is 244 g/mol. The molecule has 2 aliphatic carbocycles. The Balaban J connectivity index is 1.65. The van der Waals surface area contributed by atoms with Gasteiger partial charge in [-0.15, -0.1) is 0 Å². The van der Waals surface area contributed by atoms with Gasteiger partial charge in [-0.2, -0.15) is 0 Å². The van der Waals surface area contributed by atoms with Gasteiger partial charge < -0.3 is 15.7 Å². The molecule has 0 aliphatic heterocycles. The third-order valence-electron chi connectivity index (χ3n) is 3.99. The van der Waals surface area contributed by atoms with Crippen LogP contribution in [0.25, 0.3) is 0 Å². The van der Waals surface area contributed by atoms with E-state index in [4.69, 9.17) is 5.11 Å². The average molecular weight is 266 g/mol. The van der Waals surface area contributed by atoms with E-state index in [2.05, 4.69) is 10.6 Å². The Morgan fingerprint density at radius 3 is 2.53 bits per heavy atom. The molecule has 0 spiro atoms. The second kappa shape index (κ2) is 6.59. The molecule has 0 aromatic heterocycles. The van der Waals surface area contributed by atoms with Crippen molar-refractivity contribution in [2.24, 2.45) is 11.8 Å². The van der Waals surface area contributed by atoms with Gasteiger partial charge in [0, 0.05) is 6.54 Å². The molecule has 0 aromatic rings. The SMILES string of the molecule is O=C(NCC1CCCCC1)NC1C=CC(C(=O)O)C1. The van der Waals surface area contributed by atoms with Crippen LogP contribution in [0.2, 0.25) is 0 Å². The molecule has 2 rings (SSSR count). The molecule has 2 aliphatic rings. The van der Waals surface area contributed by atoms with Crippen LogP contribution in [0.4, 0.5) is 4.79 Å². The number of hydrogen-bond donors (Lipinski definition) is 3. The first-order valence-corrected chi connectivity index (χ1v) is 7.10. The van der Waals surface area contributed by atoms with Crippen LogP contribution in [-0.2, 0) is 4.79 Å². The number of carbonyl (C=O) groups is 2. The van der Waals surface area contributed by atoms with Crippen LogP contribution in [0.1, 0.15) is 38.5 Å². The maximum atomic E-state index is 11.7. The monoisotopic (exact) mass is 266 g/mol. The summed E-state index contributed by atoms with van der Waals surface area (Å²) in [6, 6.07) is -0.348. The molecule has 5 nitrogen and oxygen atoms in total. The third kappa shape index (κ3) is 4.26. The summed E-state index contributed by atoms with van der Waals surface area (Å²) < 4.78 is 0. The predicted molar refractivity (Wildman–Crippen MR) is 71.8 cm³/mol. The number of carboxylic acid groups (broad SMARTS) is 1. The lowest BCUT2D eigenvalue weighted by Gasteiger charge is -2.22. The van der Waals surface area contributed by atoms with Crippen LogP contribution >= 0.6 is 0 Å². The van der Waals surface area contributed by atoms with Gasteiger partial charge in [0.2, 0.25) is 0 Å². The highest BCUT2D eigenvalue weighted by Gasteiger charge is 2.25. The first-order valence-electron chi connectivity index (χ1n) is 7.10. The molecule has 5 heteroatoms. The fraction of sp³-hybridized carbons (Fsp3) is 0.714.